The molecule has 0 saturated heterocycles. The van der Waals surface area contributed by atoms with E-state index in [2.05, 4.69) is 27.0 Å². The SMILES string of the molecule is CCOc1[nH+]c(N)c(C#N)c(-c2ccc(Br)cc2)c1C#N. The van der Waals surface area contributed by atoms with Crippen molar-refractivity contribution < 1.29 is 9.72 Å². The zero-order chi connectivity index (χ0) is 15.4. The van der Waals surface area contributed by atoms with Crippen LogP contribution in [0.2, 0.25) is 0 Å². The molecule has 1 aromatic carbocycles. The Labute approximate surface area is 130 Å². The van der Waals surface area contributed by atoms with E-state index in [0.29, 0.717) is 12.2 Å². The Morgan fingerprint density at radius 2 is 1.81 bits per heavy atom. The predicted molar refractivity (Wildman–Crippen MR) is 81.1 cm³/mol. The molecule has 0 unspecified atom stereocenters. The van der Waals surface area contributed by atoms with Gasteiger partial charge < -0.3 is 4.74 Å². The van der Waals surface area contributed by atoms with Crippen LogP contribution in [-0.4, -0.2) is 6.61 Å². The van der Waals surface area contributed by atoms with Crippen molar-refractivity contribution in [1.29, 1.82) is 10.5 Å². The van der Waals surface area contributed by atoms with Crippen molar-refractivity contribution in [2.45, 2.75) is 6.92 Å². The summed E-state index contributed by atoms with van der Waals surface area (Å²) in [7, 11) is 0. The summed E-state index contributed by atoms with van der Waals surface area (Å²) < 4.78 is 6.32. The van der Waals surface area contributed by atoms with E-state index in [9.17, 15) is 10.5 Å². The van der Waals surface area contributed by atoms with Gasteiger partial charge in [-0.15, -0.1) is 0 Å². The summed E-state index contributed by atoms with van der Waals surface area (Å²) in [6.45, 7) is 2.19. The lowest BCUT2D eigenvalue weighted by atomic mass is 9.96. The molecule has 1 aromatic heterocycles. The van der Waals surface area contributed by atoms with E-state index in [4.69, 9.17) is 10.5 Å². The number of aromatic nitrogens is 1. The first-order chi connectivity index (χ1) is 10.1. The van der Waals surface area contributed by atoms with Crippen LogP contribution < -0.4 is 15.5 Å². The van der Waals surface area contributed by atoms with Gasteiger partial charge in [0.25, 0.3) is 5.82 Å². The number of H-pyrrole nitrogens is 1. The fraction of sp³-hybridized carbons (Fsp3) is 0.133. The normalized spacial score (nSPS) is 9.71. The third-order valence-electron chi connectivity index (χ3n) is 2.89. The third-order valence-corrected chi connectivity index (χ3v) is 3.42. The minimum Gasteiger partial charge on any atom is -0.462 e. The lowest BCUT2D eigenvalue weighted by molar-refractivity contribution is -0.377. The number of ether oxygens (including phenoxy) is 1. The second kappa shape index (κ2) is 6.25. The van der Waals surface area contributed by atoms with Gasteiger partial charge in [0.2, 0.25) is 0 Å². The number of aromatic amines is 1. The van der Waals surface area contributed by atoms with E-state index < -0.39 is 0 Å². The highest BCUT2D eigenvalue weighted by Crippen LogP contribution is 2.33. The molecule has 2 rings (SSSR count). The number of nitrogens with two attached hydrogens (primary N) is 1. The summed E-state index contributed by atoms with van der Waals surface area (Å²) in [5.74, 6) is 0.451. The maximum Gasteiger partial charge on any atom is 0.301 e. The molecule has 0 atom stereocenters. The van der Waals surface area contributed by atoms with Gasteiger partial charge in [-0.25, -0.2) is 4.98 Å². The van der Waals surface area contributed by atoms with Gasteiger partial charge in [0.15, 0.2) is 5.56 Å². The highest BCUT2D eigenvalue weighted by atomic mass is 79.9. The maximum atomic E-state index is 9.44. The topological polar surface area (TPSA) is 97.0 Å². The summed E-state index contributed by atoms with van der Waals surface area (Å²) in [5.41, 5.74) is 7.59. The van der Waals surface area contributed by atoms with Crippen LogP contribution in [0, 0.1) is 22.7 Å². The molecule has 104 valence electrons. The maximum absolute atomic E-state index is 9.44. The minimum atomic E-state index is 0.179. The first-order valence-corrected chi connectivity index (χ1v) is 6.99. The minimum absolute atomic E-state index is 0.179. The number of nitrogen functional groups attached to an aromatic ring is 1. The Bertz CT molecular complexity index is 757. The summed E-state index contributed by atoms with van der Waals surface area (Å²) in [6, 6.07) is 11.4. The van der Waals surface area contributed by atoms with Crippen molar-refractivity contribution in [3.05, 3.63) is 39.9 Å². The highest BCUT2D eigenvalue weighted by Gasteiger charge is 2.24. The number of hydrogen-bond acceptors (Lipinski definition) is 4. The van der Waals surface area contributed by atoms with Crippen LogP contribution >= 0.6 is 15.9 Å². The average Bonchev–Trinajstić information content (AvgIpc) is 2.48. The second-order valence-electron chi connectivity index (χ2n) is 4.16. The molecule has 0 spiro atoms. The predicted octanol–water partition coefficient (Wildman–Crippen LogP) is 2.65. The number of nitrogens with one attached hydrogen (secondary N) is 1. The first kappa shape index (κ1) is 14.8. The van der Waals surface area contributed by atoms with E-state index in [1.807, 2.05) is 37.3 Å². The van der Waals surface area contributed by atoms with Crippen LogP contribution in [-0.2, 0) is 0 Å². The molecule has 2 aromatic rings. The van der Waals surface area contributed by atoms with Crippen molar-refractivity contribution in [3.63, 3.8) is 0 Å². The lowest BCUT2D eigenvalue weighted by Crippen LogP contribution is -2.19. The molecule has 1 heterocycles. The Morgan fingerprint density at radius 1 is 1.19 bits per heavy atom. The second-order valence-corrected chi connectivity index (χ2v) is 5.07. The Morgan fingerprint density at radius 3 is 2.33 bits per heavy atom. The number of nitriles is 2. The molecule has 21 heavy (non-hydrogen) atoms. The third kappa shape index (κ3) is 2.81. The average molecular weight is 344 g/mol. The number of hydrogen-bond donors (Lipinski definition) is 1. The largest absolute Gasteiger partial charge is 0.462 e. The molecule has 0 aliphatic carbocycles. The Kier molecular flexibility index (Phi) is 4.42. The fourth-order valence-electron chi connectivity index (χ4n) is 2.00. The molecule has 0 fully saturated rings. The number of anilines is 1. The molecule has 0 bridgehead atoms. The summed E-state index contributed by atoms with van der Waals surface area (Å²) in [5, 5.41) is 18.8. The molecule has 0 saturated carbocycles. The smallest absolute Gasteiger partial charge is 0.301 e. The summed E-state index contributed by atoms with van der Waals surface area (Å²) in [4.78, 5) is 2.77. The van der Waals surface area contributed by atoms with Crippen LogP contribution in [0.4, 0.5) is 5.82 Å². The van der Waals surface area contributed by atoms with E-state index in [1.165, 1.54) is 0 Å². The summed E-state index contributed by atoms with van der Waals surface area (Å²) >= 11 is 3.36. The van der Waals surface area contributed by atoms with E-state index in [-0.39, 0.29) is 22.8 Å². The number of halogens is 1. The number of pyridine rings is 1. The van der Waals surface area contributed by atoms with Gasteiger partial charge in [-0.2, -0.15) is 10.5 Å². The van der Waals surface area contributed by atoms with Crippen LogP contribution in [0.5, 0.6) is 5.88 Å². The van der Waals surface area contributed by atoms with Crippen molar-refractivity contribution >= 4 is 21.7 Å². The van der Waals surface area contributed by atoms with Crippen LogP contribution in [0.15, 0.2) is 28.7 Å². The van der Waals surface area contributed by atoms with Crippen molar-refractivity contribution in [1.82, 2.24) is 0 Å². The monoisotopic (exact) mass is 343 g/mol. The molecule has 0 amide bonds. The van der Waals surface area contributed by atoms with Gasteiger partial charge in [0.05, 0.1) is 6.61 Å². The molecule has 0 aliphatic heterocycles. The molecule has 3 N–H and O–H groups in total. The Hall–Kier alpha value is -2.57. The van der Waals surface area contributed by atoms with Gasteiger partial charge in [0, 0.05) is 10.0 Å². The van der Waals surface area contributed by atoms with Crippen LogP contribution in [0.3, 0.4) is 0 Å². The molecular weight excluding hydrogens is 332 g/mol. The van der Waals surface area contributed by atoms with E-state index >= 15 is 0 Å². The molecular formula is C15H12BrN4O+. The number of benzene rings is 1. The highest BCUT2D eigenvalue weighted by molar-refractivity contribution is 9.10. The van der Waals surface area contributed by atoms with Gasteiger partial charge in [-0.1, -0.05) is 28.1 Å². The first-order valence-electron chi connectivity index (χ1n) is 6.20. The van der Waals surface area contributed by atoms with Crippen LogP contribution in [0.1, 0.15) is 18.1 Å². The van der Waals surface area contributed by atoms with Gasteiger partial charge in [-0.3, -0.25) is 5.73 Å². The van der Waals surface area contributed by atoms with Crippen molar-refractivity contribution in [3.8, 4) is 29.1 Å². The molecule has 0 aliphatic rings. The van der Waals surface area contributed by atoms with Gasteiger partial charge in [-0.05, 0) is 24.6 Å². The van der Waals surface area contributed by atoms with E-state index in [1.54, 1.807) is 0 Å². The standard InChI is InChI=1S/C15H11BrN4O/c1-2-21-15-12(8-18)13(11(7-17)14(19)20-15)9-3-5-10(16)6-4-9/h3-6H,2H2,1H3,(H2,19,20)/p+1. The van der Waals surface area contributed by atoms with Crippen molar-refractivity contribution in [2.24, 2.45) is 0 Å². The van der Waals surface area contributed by atoms with Gasteiger partial charge >= 0.3 is 5.88 Å². The fourth-order valence-corrected chi connectivity index (χ4v) is 2.27. The molecule has 5 nitrogen and oxygen atoms in total. The van der Waals surface area contributed by atoms with Crippen molar-refractivity contribution in [2.75, 3.05) is 12.3 Å². The van der Waals surface area contributed by atoms with Gasteiger partial charge in [0.1, 0.15) is 17.7 Å². The lowest BCUT2D eigenvalue weighted by Gasteiger charge is -2.10. The molecule has 6 heteroatoms. The number of nitrogens with zero attached hydrogens (tertiary/aromatic N) is 2. The van der Waals surface area contributed by atoms with Crippen LogP contribution in [0.25, 0.3) is 11.1 Å². The number of rotatable bonds is 3. The van der Waals surface area contributed by atoms with E-state index in [0.717, 1.165) is 10.0 Å². The zero-order valence-electron chi connectivity index (χ0n) is 11.3. The Balaban J connectivity index is 2.81. The summed E-state index contributed by atoms with van der Waals surface area (Å²) in [6.07, 6.45) is 0. The quantitative estimate of drug-likeness (QED) is 0.926. The molecule has 0 radical (unpaired) electrons. The zero-order valence-corrected chi connectivity index (χ0v) is 12.9.